The Bertz CT molecular complexity index is 180. The van der Waals surface area contributed by atoms with Crippen LogP contribution in [0.4, 0.5) is 0 Å². The molecule has 0 heterocycles. The van der Waals surface area contributed by atoms with Crippen molar-refractivity contribution in [2.75, 3.05) is 0 Å². The highest BCUT2D eigenvalue weighted by Crippen LogP contribution is 2.35. The number of rotatable bonds is 8. The lowest BCUT2D eigenvalue weighted by Gasteiger charge is -2.33. The van der Waals surface area contributed by atoms with Crippen molar-refractivity contribution in [3.63, 3.8) is 0 Å². The molecule has 4 atom stereocenters. The van der Waals surface area contributed by atoms with E-state index in [2.05, 4.69) is 55.4 Å². The molecule has 17 heavy (non-hydrogen) atoms. The third kappa shape index (κ3) is 5.44. The second kappa shape index (κ2) is 8.16. The fourth-order valence-electron chi connectivity index (χ4n) is 3.47. The molecule has 0 bridgehead atoms. The van der Waals surface area contributed by atoms with Gasteiger partial charge in [0.2, 0.25) is 0 Å². The molecule has 0 saturated carbocycles. The van der Waals surface area contributed by atoms with Crippen LogP contribution in [0.3, 0.4) is 0 Å². The second-order valence-electron chi connectivity index (χ2n) is 6.80. The fourth-order valence-corrected chi connectivity index (χ4v) is 3.47. The molecule has 0 amide bonds. The van der Waals surface area contributed by atoms with E-state index in [4.69, 9.17) is 0 Å². The zero-order valence-corrected chi connectivity index (χ0v) is 13.6. The molecular formula is C17H36. The Hall–Kier alpha value is 0. The minimum absolute atomic E-state index is 0.830. The highest BCUT2D eigenvalue weighted by Gasteiger charge is 2.26. The van der Waals surface area contributed by atoms with E-state index < -0.39 is 0 Å². The van der Waals surface area contributed by atoms with E-state index in [1.165, 1.54) is 19.3 Å². The molecule has 0 N–H and O–H groups in total. The molecule has 0 aliphatic carbocycles. The molecule has 0 saturated heterocycles. The monoisotopic (exact) mass is 240 g/mol. The summed E-state index contributed by atoms with van der Waals surface area (Å²) in [5, 5.41) is 0. The third-order valence-corrected chi connectivity index (χ3v) is 5.04. The van der Waals surface area contributed by atoms with E-state index in [1.807, 2.05) is 0 Å². The van der Waals surface area contributed by atoms with Crippen LogP contribution in [-0.4, -0.2) is 0 Å². The molecule has 0 radical (unpaired) electrons. The van der Waals surface area contributed by atoms with Gasteiger partial charge in [-0.25, -0.2) is 0 Å². The molecule has 4 unspecified atom stereocenters. The van der Waals surface area contributed by atoms with Crippen molar-refractivity contribution >= 4 is 0 Å². The zero-order valence-electron chi connectivity index (χ0n) is 13.6. The van der Waals surface area contributed by atoms with Crippen molar-refractivity contribution in [2.24, 2.45) is 35.5 Å². The predicted molar refractivity (Wildman–Crippen MR) is 80.2 cm³/mol. The summed E-state index contributed by atoms with van der Waals surface area (Å²) in [6.45, 7) is 19.2. The summed E-state index contributed by atoms with van der Waals surface area (Å²) in [5.41, 5.74) is 0. The van der Waals surface area contributed by atoms with Crippen molar-refractivity contribution in [3.05, 3.63) is 0 Å². The molecule has 0 nitrogen and oxygen atoms in total. The molecule has 0 aromatic rings. The molecule has 0 aromatic heterocycles. The van der Waals surface area contributed by atoms with Crippen molar-refractivity contribution in [1.82, 2.24) is 0 Å². The summed E-state index contributed by atoms with van der Waals surface area (Å²) in [4.78, 5) is 0. The van der Waals surface area contributed by atoms with Gasteiger partial charge >= 0.3 is 0 Å². The van der Waals surface area contributed by atoms with E-state index in [1.54, 1.807) is 0 Å². The first-order valence-electron chi connectivity index (χ1n) is 7.84. The quantitative estimate of drug-likeness (QED) is 0.487. The molecule has 104 valence electrons. The maximum absolute atomic E-state index is 2.48. The Kier molecular flexibility index (Phi) is 8.16. The Balaban J connectivity index is 4.42. The highest BCUT2D eigenvalue weighted by atomic mass is 14.3. The number of hydrogen-bond acceptors (Lipinski definition) is 0. The lowest BCUT2D eigenvalue weighted by atomic mass is 9.72. The van der Waals surface area contributed by atoms with E-state index >= 15 is 0 Å². The topological polar surface area (TPSA) is 0 Å². The first kappa shape index (κ1) is 17.0. The summed E-state index contributed by atoms with van der Waals surface area (Å²) in [6, 6.07) is 0. The van der Waals surface area contributed by atoms with Crippen LogP contribution in [0.1, 0.15) is 74.7 Å². The summed E-state index contributed by atoms with van der Waals surface area (Å²) in [5.74, 6) is 5.22. The van der Waals surface area contributed by atoms with Gasteiger partial charge in [-0.2, -0.15) is 0 Å². The predicted octanol–water partition coefficient (Wildman–Crippen LogP) is 6.01. The van der Waals surface area contributed by atoms with Gasteiger partial charge in [0, 0.05) is 0 Å². The molecule has 0 rings (SSSR count). The van der Waals surface area contributed by atoms with Crippen LogP contribution >= 0.6 is 0 Å². The molecule has 0 aromatic carbocycles. The summed E-state index contributed by atoms with van der Waals surface area (Å²) < 4.78 is 0. The van der Waals surface area contributed by atoms with Crippen LogP contribution < -0.4 is 0 Å². The lowest BCUT2D eigenvalue weighted by molar-refractivity contribution is 0.162. The lowest BCUT2D eigenvalue weighted by Crippen LogP contribution is -2.25. The first-order valence-corrected chi connectivity index (χ1v) is 7.84. The van der Waals surface area contributed by atoms with Crippen molar-refractivity contribution in [2.45, 2.75) is 74.7 Å². The summed E-state index contributed by atoms with van der Waals surface area (Å²) >= 11 is 0. The Morgan fingerprint density at radius 1 is 0.706 bits per heavy atom. The van der Waals surface area contributed by atoms with Crippen LogP contribution in [0.25, 0.3) is 0 Å². The molecule has 0 spiro atoms. The normalized spacial score (nSPS) is 19.4. The Morgan fingerprint density at radius 3 is 1.53 bits per heavy atom. The third-order valence-electron chi connectivity index (χ3n) is 5.04. The molecule has 0 fully saturated rings. The zero-order chi connectivity index (χ0) is 13.6. The highest BCUT2D eigenvalue weighted by molar-refractivity contribution is 4.76. The minimum Gasteiger partial charge on any atom is -0.0651 e. The smallest absolute Gasteiger partial charge is 0.0365 e. The van der Waals surface area contributed by atoms with Gasteiger partial charge in [0.05, 0.1) is 0 Å². The number of hydrogen-bond donors (Lipinski definition) is 0. The van der Waals surface area contributed by atoms with Gasteiger partial charge in [0.25, 0.3) is 0 Å². The van der Waals surface area contributed by atoms with Crippen LogP contribution in [0.2, 0.25) is 0 Å². The largest absolute Gasteiger partial charge is 0.0651 e. The van der Waals surface area contributed by atoms with Crippen molar-refractivity contribution in [3.8, 4) is 0 Å². The maximum Gasteiger partial charge on any atom is -0.0365 e. The van der Waals surface area contributed by atoms with Crippen LogP contribution in [0.5, 0.6) is 0 Å². The average molecular weight is 240 g/mol. The molecule has 0 aliphatic heterocycles. The molecular weight excluding hydrogens is 204 g/mol. The Morgan fingerprint density at radius 2 is 1.24 bits per heavy atom. The van der Waals surface area contributed by atoms with Gasteiger partial charge in [-0.3, -0.25) is 0 Å². The summed E-state index contributed by atoms with van der Waals surface area (Å²) in [6.07, 6.45) is 4.09. The van der Waals surface area contributed by atoms with E-state index in [-0.39, 0.29) is 0 Å². The van der Waals surface area contributed by atoms with E-state index in [0.717, 1.165) is 35.5 Å². The maximum atomic E-state index is 2.48. The van der Waals surface area contributed by atoms with Crippen molar-refractivity contribution < 1.29 is 0 Å². The Labute approximate surface area is 111 Å². The van der Waals surface area contributed by atoms with Gasteiger partial charge in [0.15, 0.2) is 0 Å². The van der Waals surface area contributed by atoms with Crippen molar-refractivity contribution in [1.29, 1.82) is 0 Å². The van der Waals surface area contributed by atoms with Gasteiger partial charge in [0.1, 0.15) is 0 Å². The van der Waals surface area contributed by atoms with Crippen LogP contribution in [-0.2, 0) is 0 Å². The van der Waals surface area contributed by atoms with E-state index in [0.29, 0.717) is 0 Å². The van der Waals surface area contributed by atoms with Gasteiger partial charge in [-0.15, -0.1) is 0 Å². The SMILES string of the molecule is CCC(CC(C)C(C)C(CC)C(C)C)C(C)C. The minimum atomic E-state index is 0.830. The molecule has 0 aliphatic rings. The van der Waals surface area contributed by atoms with Crippen LogP contribution in [0.15, 0.2) is 0 Å². The fraction of sp³-hybridized carbons (Fsp3) is 1.00. The van der Waals surface area contributed by atoms with Crippen LogP contribution in [0, 0.1) is 35.5 Å². The summed E-state index contributed by atoms with van der Waals surface area (Å²) in [7, 11) is 0. The van der Waals surface area contributed by atoms with E-state index in [9.17, 15) is 0 Å². The second-order valence-corrected chi connectivity index (χ2v) is 6.80. The molecule has 0 heteroatoms. The van der Waals surface area contributed by atoms with Gasteiger partial charge in [-0.1, -0.05) is 68.2 Å². The van der Waals surface area contributed by atoms with Gasteiger partial charge in [-0.05, 0) is 41.9 Å². The standard InChI is InChI=1S/C17H36/c1-9-16(12(3)4)11-14(7)15(8)17(10-2)13(5)6/h12-17H,9-11H2,1-8H3. The first-order chi connectivity index (χ1) is 7.84. The van der Waals surface area contributed by atoms with Gasteiger partial charge < -0.3 is 0 Å². The average Bonchev–Trinajstić information content (AvgIpc) is 2.25.